The zero-order valence-electron chi connectivity index (χ0n) is 32.0. The maximum atomic E-state index is 5.75. The van der Waals surface area contributed by atoms with E-state index in [0.717, 1.165) is 102 Å². The van der Waals surface area contributed by atoms with Gasteiger partial charge in [-0.05, 0) is 123 Å². The minimum absolute atomic E-state index is 0.0596. The van der Waals surface area contributed by atoms with E-state index >= 15 is 0 Å². The number of nitrogens with two attached hydrogens (primary N) is 1. The lowest BCUT2D eigenvalue weighted by Gasteiger charge is -2.49. The van der Waals surface area contributed by atoms with Crippen molar-refractivity contribution in [1.82, 2.24) is 25.6 Å². The number of unbranched alkanes of at least 4 members (excludes halogenated alkanes) is 3. The molecule has 0 aromatic carbocycles. The lowest BCUT2D eigenvalue weighted by molar-refractivity contribution is 0.210. The van der Waals surface area contributed by atoms with E-state index in [1.807, 2.05) is 0 Å². The van der Waals surface area contributed by atoms with Crippen LogP contribution in [-0.2, 0) is 0 Å². The van der Waals surface area contributed by atoms with Crippen molar-refractivity contribution in [2.45, 2.75) is 183 Å². The fraction of sp³-hybridized carbons (Fsp3) is 0.919. The Labute approximate surface area is 283 Å². The van der Waals surface area contributed by atoms with Crippen molar-refractivity contribution < 1.29 is 0 Å². The minimum Gasteiger partial charge on any atom is -0.354 e. The summed E-state index contributed by atoms with van der Waals surface area (Å²) in [7, 11) is 0. The predicted molar refractivity (Wildman–Crippen MR) is 198 cm³/mol. The SMILES string of the molecule is CCC(C)(C)C(C)N(c1nc(NCCCCCCN)nc(N(C2CCNC(C)(C)C2)C(C)C(C)(C)CC)n1)C1CCNC(C)(C)C1. The fourth-order valence-electron chi connectivity index (χ4n) is 7.29. The maximum absolute atomic E-state index is 5.75. The summed E-state index contributed by atoms with van der Waals surface area (Å²) in [6, 6.07) is 1.19. The normalized spacial score (nSPS) is 23.1. The summed E-state index contributed by atoms with van der Waals surface area (Å²) in [6.45, 7) is 31.9. The largest absolute Gasteiger partial charge is 0.354 e. The Morgan fingerprint density at radius 1 is 0.761 bits per heavy atom. The van der Waals surface area contributed by atoms with E-state index in [1.165, 1.54) is 0 Å². The smallest absolute Gasteiger partial charge is 0.232 e. The second-order valence-corrected chi connectivity index (χ2v) is 17.2. The van der Waals surface area contributed by atoms with Crippen molar-refractivity contribution in [1.29, 1.82) is 0 Å². The highest BCUT2D eigenvalue weighted by Crippen LogP contribution is 2.39. The van der Waals surface area contributed by atoms with E-state index in [2.05, 4.69) is 109 Å². The van der Waals surface area contributed by atoms with E-state index in [4.69, 9.17) is 20.7 Å². The zero-order chi connectivity index (χ0) is 34.3. The molecule has 2 saturated heterocycles. The van der Waals surface area contributed by atoms with Crippen LogP contribution in [0.3, 0.4) is 0 Å². The summed E-state index contributed by atoms with van der Waals surface area (Å²) in [6.07, 6.45) is 10.9. The molecule has 0 amide bonds. The van der Waals surface area contributed by atoms with Crippen molar-refractivity contribution in [2.24, 2.45) is 16.6 Å². The molecule has 0 bridgehead atoms. The third kappa shape index (κ3) is 10.1. The highest BCUT2D eigenvalue weighted by atomic mass is 15.4. The lowest BCUT2D eigenvalue weighted by atomic mass is 9.79. The van der Waals surface area contributed by atoms with Crippen LogP contribution in [0.5, 0.6) is 0 Å². The molecule has 0 spiro atoms. The van der Waals surface area contributed by atoms with E-state index in [0.29, 0.717) is 18.0 Å². The van der Waals surface area contributed by atoms with Gasteiger partial charge in [-0.3, -0.25) is 0 Å². The van der Waals surface area contributed by atoms with Crippen LogP contribution < -0.4 is 31.5 Å². The topological polar surface area (TPSA) is 107 Å². The molecular formula is C37H73N9. The first-order valence-electron chi connectivity index (χ1n) is 18.7. The monoisotopic (exact) mass is 644 g/mol. The van der Waals surface area contributed by atoms with Crippen LogP contribution in [0.4, 0.5) is 17.8 Å². The van der Waals surface area contributed by atoms with Crippen molar-refractivity contribution >= 4 is 17.8 Å². The van der Waals surface area contributed by atoms with Crippen LogP contribution in [-0.4, -0.2) is 76.4 Å². The molecule has 0 saturated carbocycles. The highest BCUT2D eigenvalue weighted by Gasteiger charge is 2.42. The molecule has 266 valence electrons. The van der Waals surface area contributed by atoms with Crippen LogP contribution in [0.2, 0.25) is 0 Å². The van der Waals surface area contributed by atoms with Gasteiger partial charge in [0.2, 0.25) is 17.8 Å². The third-order valence-electron chi connectivity index (χ3n) is 11.8. The van der Waals surface area contributed by atoms with Crippen molar-refractivity contribution in [3.05, 3.63) is 0 Å². The Bertz CT molecular complexity index is 997. The van der Waals surface area contributed by atoms with Crippen LogP contribution in [0.1, 0.15) is 147 Å². The summed E-state index contributed by atoms with van der Waals surface area (Å²) < 4.78 is 0. The average molecular weight is 644 g/mol. The number of aromatic nitrogens is 3. The van der Waals surface area contributed by atoms with Gasteiger partial charge in [-0.2, -0.15) is 15.0 Å². The molecular weight excluding hydrogens is 570 g/mol. The Kier molecular flexibility index (Phi) is 13.6. The molecule has 5 N–H and O–H groups in total. The Balaban J connectivity index is 2.18. The van der Waals surface area contributed by atoms with Gasteiger partial charge in [0, 0.05) is 41.8 Å². The first-order valence-corrected chi connectivity index (χ1v) is 18.7. The molecule has 1 aromatic rings. The molecule has 3 rings (SSSR count). The first kappa shape index (κ1) is 38.7. The summed E-state index contributed by atoms with van der Waals surface area (Å²) in [5.74, 6) is 2.36. The van der Waals surface area contributed by atoms with E-state index < -0.39 is 0 Å². The number of anilines is 3. The third-order valence-corrected chi connectivity index (χ3v) is 11.8. The molecule has 2 aliphatic rings. The van der Waals surface area contributed by atoms with E-state index in [9.17, 15) is 0 Å². The first-order chi connectivity index (χ1) is 21.5. The summed E-state index contributed by atoms with van der Waals surface area (Å²) in [5.41, 5.74) is 6.05. The Morgan fingerprint density at radius 3 is 1.59 bits per heavy atom. The van der Waals surface area contributed by atoms with Crippen molar-refractivity contribution in [3.8, 4) is 0 Å². The van der Waals surface area contributed by atoms with Gasteiger partial charge in [-0.15, -0.1) is 0 Å². The molecule has 3 heterocycles. The standard InChI is InChI=1S/C37H73N9/c1-13-34(5,6)27(3)45(29-19-23-40-36(9,10)25-29)32-42-31(39-22-18-16-15-17-21-38)43-33(44-32)46(28(4)35(7,8)14-2)30-20-24-41-37(11,12)26-30/h27-30,40-41H,13-26,38H2,1-12H3,(H,39,42,43,44). The highest BCUT2D eigenvalue weighted by molar-refractivity contribution is 5.49. The van der Waals surface area contributed by atoms with Crippen molar-refractivity contribution in [2.75, 3.05) is 41.3 Å². The summed E-state index contributed by atoms with van der Waals surface area (Å²) in [4.78, 5) is 21.2. The van der Waals surface area contributed by atoms with Gasteiger partial charge in [0.05, 0.1) is 0 Å². The molecule has 2 fully saturated rings. The number of hydrogen-bond acceptors (Lipinski definition) is 9. The molecule has 4 unspecified atom stereocenters. The minimum atomic E-state index is 0.0596. The Morgan fingerprint density at radius 2 is 1.20 bits per heavy atom. The van der Waals surface area contributed by atoms with Gasteiger partial charge < -0.3 is 31.5 Å². The molecule has 1 aromatic heterocycles. The summed E-state index contributed by atoms with van der Waals surface area (Å²) >= 11 is 0. The number of nitrogens with zero attached hydrogens (tertiary/aromatic N) is 5. The summed E-state index contributed by atoms with van der Waals surface area (Å²) in [5, 5.41) is 11.2. The fourth-order valence-corrected chi connectivity index (χ4v) is 7.29. The van der Waals surface area contributed by atoms with Crippen LogP contribution in [0.15, 0.2) is 0 Å². The molecule has 9 nitrogen and oxygen atoms in total. The van der Waals surface area contributed by atoms with Gasteiger partial charge in [0.25, 0.3) is 0 Å². The predicted octanol–water partition coefficient (Wildman–Crippen LogP) is 7.13. The van der Waals surface area contributed by atoms with Gasteiger partial charge >= 0.3 is 0 Å². The van der Waals surface area contributed by atoms with E-state index in [-0.39, 0.29) is 34.0 Å². The maximum Gasteiger partial charge on any atom is 0.232 e. The number of hydrogen-bond donors (Lipinski definition) is 4. The Hall–Kier alpha value is -1.71. The number of rotatable bonds is 17. The second kappa shape index (κ2) is 16.1. The van der Waals surface area contributed by atoms with Gasteiger partial charge in [-0.25, -0.2) is 0 Å². The molecule has 9 heteroatoms. The molecule has 0 aliphatic carbocycles. The quantitative estimate of drug-likeness (QED) is 0.132. The molecule has 0 radical (unpaired) electrons. The van der Waals surface area contributed by atoms with Crippen molar-refractivity contribution in [3.63, 3.8) is 0 Å². The molecule has 46 heavy (non-hydrogen) atoms. The molecule has 2 aliphatic heterocycles. The number of nitrogens with one attached hydrogen (secondary N) is 3. The lowest BCUT2D eigenvalue weighted by Crippen LogP contribution is -2.58. The van der Waals surface area contributed by atoms with Gasteiger partial charge in [-0.1, -0.05) is 54.4 Å². The zero-order valence-corrected chi connectivity index (χ0v) is 32.0. The van der Waals surface area contributed by atoms with Crippen LogP contribution in [0, 0.1) is 10.8 Å². The van der Waals surface area contributed by atoms with Crippen LogP contribution >= 0.6 is 0 Å². The van der Waals surface area contributed by atoms with Gasteiger partial charge in [0.1, 0.15) is 0 Å². The average Bonchev–Trinajstić information content (AvgIpc) is 2.98. The van der Waals surface area contributed by atoms with E-state index in [1.54, 1.807) is 0 Å². The van der Waals surface area contributed by atoms with Crippen LogP contribution in [0.25, 0.3) is 0 Å². The van der Waals surface area contributed by atoms with Gasteiger partial charge in [0.15, 0.2) is 0 Å². The number of piperidine rings is 2. The second-order valence-electron chi connectivity index (χ2n) is 17.2. The molecule has 4 atom stereocenters.